The van der Waals surface area contributed by atoms with Crippen molar-refractivity contribution in [2.75, 3.05) is 44.7 Å². The molecule has 0 bridgehead atoms. The highest BCUT2D eigenvalue weighted by molar-refractivity contribution is 5.93. The summed E-state index contributed by atoms with van der Waals surface area (Å²) in [7, 11) is 0. The Hall–Kier alpha value is -1.63. The molecule has 0 aliphatic carbocycles. The molecule has 0 saturated heterocycles. The van der Waals surface area contributed by atoms with E-state index in [1.54, 1.807) is 12.1 Å². The van der Waals surface area contributed by atoms with E-state index in [9.17, 15) is 20.1 Å². The largest absolute Gasteiger partial charge is 0.508 e. The van der Waals surface area contributed by atoms with Gasteiger partial charge in [0, 0.05) is 5.69 Å². The first kappa shape index (κ1) is 18.4. The van der Waals surface area contributed by atoms with Gasteiger partial charge in [-0.15, -0.1) is 0 Å². The number of rotatable bonds is 8. The summed E-state index contributed by atoms with van der Waals surface area (Å²) in [5, 5.41) is 30.9. The van der Waals surface area contributed by atoms with Crippen molar-refractivity contribution < 1.29 is 24.6 Å². The molecule has 1 amide bonds. The number of likely N-dealkylation sites (N-methyl/N-ethyl adjacent to an activating group) is 1. The summed E-state index contributed by atoms with van der Waals surface area (Å²) >= 11 is 0. The molecule has 6 nitrogen and oxygen atoms in total. The van der Waals surface area contributed by atoms with Crippen molar-refractivity contribution in [2.24, 2.45) is 0 Å². The van der Waals surface area contributed by atoms with Crippen LogP contribution < -0.4 is 5.32 Å². The van der Waals surface area contributed by atoms with Gasteiger partial charge in [0.05, 0.1) is 19.8 Å². The first-order chi connectivity index (χ1) is 10.4. The zero-order valence-electron chi connectivity index (χ0n) is 13.6. The van der Waals surface area contributed by atoms with Gasteiger partial charge < -0.3 is 25.1 Å². The molecule has 0 spiro atoms. The van der Waals surface area contributed by atoms with E-state index in [1.165, 1.54) is 0 Å². The normalized spacial score (nSPS) is 11.5. The molecular weight excluding hydrogens is 284 g/mol. The van der Waals surface area contributed by atoms with Crippen molar-refractivity contribution in [3.8, 4) is 5.75 Å². The van der Waals surface area contributed by atoms with Gasteiger partial charge in [0.2, 0.25) is 0 Å². The number of hydrogen-bond donors (Lipinski definition) is 4. The van der Waals surface area contributed by atoms with E-state index in [0.29, 0.717) is 29.8 Å². The second-order valence-corrected chi connectivity index (χ2v) is 5.71. The average molecular weight is 311 g/mol. The lowest BCUT2D eigenvalue weighted by molar-refractivity contribution is -0.919. The van der Waals surface area contributed by atoms with Gasteiger partial charge in [0.25, 0.3) is 5.91 Å². The van der Waals surface area contributed by atoms with Gasteiger partial charge in [0.15, 0.2) is 6.54 Å². The number of phenolic OH excluding ortho intramolecular Hbond substituents is 1. The molecule has 1 rings (SSSR count). The summed E-state index contributed by atoms with van der Waals surface area (Å²) < 4.78 is 0.342. The van der Waals surface area contributed by atoms with Crippen molar-refractivity contribution in [1.29, 1.82) is 0 Å². The molecule has 0 saturated carbocycles. The third kappa shape index (κ3) is 4.69. The SMILES string of the molecule is CC[N+](CCO)(CCO)CC(=O)Nc1c(C)cc(O)cc1C. The standard InChI is InChI=1S/C16H26N2O4/c1-4-18(5-7-19,6-8-20)11-15(22)17-16-12(2)9-14(21)10-13(16)3/h9-10,19-20H,4-8,11H2,1-3H3,(H-,17,21,22)/p+1. The molecule has 6 heteroatoms. The second-order valence-electron chi connectivity index (χ2n) is 5.71. The molecule has 0 aliphatic rings. The Morgan fingerprint density at radius 1 is 1.14 bits per heavy atom. The van der Waals surface area contributed by atoms with Crippen LogP contribution in [-0.4, -0.2) is 65.1 Å². The fraction of sp³-hybridized carbons (Fsp3) is 0.562. The number of quaternary nitrogens is 1. The molecule has 0 atom stereocenters. The van der Waals surface area contributed by atoms with Gasteiger partial charge in [-0.2, -0.15) is 0 Å². The van der Waals surface area contributed by atoms with Gasteiger partial charge in [0.1, 0.15) is 18.8 Å². The van der Waals surface area contributed by atoms with Crippen LogP contribution in [0.15, 0.2) is 12.1 Å². The number of carbonyl (C=O) groups is 1. The number of hydrogen-bond acceptors (Lipinski definition) is 4. The van der Waals surface area contributed by atoms with E-state index in [4.69, 9.17) is 0 Å². The van der Waals surface area contributed by atoms with Crippen LogP contribution in [0.1, 0.15) is 18.1 Å². The van der Waals surface area contributed by atoms with E-state index in [-0.39, 0.29) is 31.4 Å². The minimum Gasteiger partial charge on any atom is -0.508 e. The van der Waals surface area contributed by atoms with Crippen LogP contribution in [0.3, 0.4) is 0 Å². The second kappa shape index (κ2) is 8.12. The number of nitrogens with one attached hydrogen (secondary N) is 1. The maximum atomic E-state index is 12.4. The summed E-state index contributed by atoms with van der Waals surface area (Å²) in [6, 6.07) is 3.21. The number of aryl methyl sites for hydroxylation is 2. The molecule has 22 heavy (non-hydrogen) atoms. The van der Waals surface area contributed by atoms with Crippen LogP contribution in [0.2, 0.25) is 0 Å². The van der Waals surface area contributed by atoms with E-state index in [2.05, 4.69) is 5.32 Å². The Balaban J connectivity index is 2.88. The lowest BCUT2D eigenvalue weighted by Crippen LogP contribution is -2.55. The van der Waals surface area contributed by atoms with E-state index < -0.39 is 0 Å². The monoisotopic (exact) mass is 311 g/mol. The number of aliphatic hydroxyl groups is 2. The number of amides is 1. The van der Waals surface area contributed by atoms with Gasteiger partial charge in [-0.1, -0.05) is 0 Å². The van der Waals surface area contributed by atoms with Crippen molar-refractivity contribution in [1.82, 2.24) is 0 Å². The summed E-state index contributed by atoms with van der Waals surface area (Å²) in [6.45, 7) is 7.24. The molecule has 0 unspecified atom stereocenters. The van der Waals surface area contributed by atoms with Crippen LogP contribution in [-0.2, 0) is 4.79 Å². The van der Waals surface area contributed by atoms with Crippen molar-refractivity contribution in [2.45, 2.75) is 20.8 Å². The number of anilines is 1. The maximum Gasteiger partial charge on any atom is 0.279 e. The number of aliphatic hydroxyl groups excluding tert-OH is 2. The maximum absolute atomic E-state index is 12.4. The number of nitrogens with zero attached hydrogens (tertiary/aromatic N) is 1. The van der Waals surface area contributed by atoms with E-state index in [0.717, 1.165) is 11.1 Å². The zero-order chi connectivity index (χ0) is 16.8. The van der Waals surface area contributed by atoms with Crippen molar-refractivity contribution >= 4 is 11.6 Å². The highest BCUT2D eigenvalue weighted by atomic mass is 16.3. The summed E-state index contributed by atoms with van der Waals surface area (Å²) in [5.74, 6) is 0.00730. The van der Waals surface area contributed by atoms with E-state index in [1.807, 2.05) is 20.8 Å². The lowest BCUT2D eigenvalue weighted by atomic mass is 10.1. The fourth-order valence-electron chi connectivity index (χ4n) is 2.74. The minimum absolute atomic E-state index is 0.0294. The third-order valence-corrected chi connectivity index (χ3v) is 4.08. The molecule has 0 radical (unpaired) electrons. The Morgan fingerprint density at radius 2 is 1.64 bits per heavy atom. The molecule has 0 fully saturated rings. The van der Waals surface area contributed by atoms with Gasteiger partial charge in [-0.3, -0.25) is 4.79 Å². The quantitative estimate of drug-likeness (QED) is 0.422. The summed E-state index contributed by atoms with van der Waals surface area (Å²) in [5.41, 5.74) is 2.29. The molecule has 0 heterocycles. The lowest BCUT2D eigenvalue weighted by Gasteiger charge is -2.36. The number of phenols is 1. The topological polar surface area (TPSA) is 89.8 Å². The first-order valence-electron chi connectivity index (χ1n) is 7.54. The van der Waals surface area contributed by atoms with Crippen LogP contribution in [0.4, 0.5) is 5.69 Å². The molecule has 1 aromatic rings. The first-order valence-corrected chi connectivity index (χ1v) is 7.54. The van der Waals surface area contributed by atoms with Crippen molar-refractivity contribution in [3.05, 3.63) is 23.3 Å². The summed E-state index contributed by atoms with van der Waals surface area (Å²) in [4.78, 5) is 12.4. The Bertz CT molecular complexity index is 488. The Morgan fingerprint density at radius 3 is 2.05 bits per heavy atom. The Kier molecular flexibility index (Phi) is 6.80. The predicted molar refractivity (Wildman–Crippen MR) is 85.8 cm³/mol. The molecule has 0 aliphatic heterocycles. The molecule has 124 valence electrons. The van der Waals surface area contributed by atoms with Gasteiger partial charge in [-0.05, 0) is 44.0 Å². The number of aromatic hydroxyl groups is 1. The average Bonchev–Trinajstić information content (AvgIpc) is 2.43. The highest BCUT2D eigenvalue weighted by Crippen LogP contribution is 2.25. The Labute approximate surface area is 131 Å². The summed E-state index contributed by atoms with van der Waals surface area (Å²) in [6.07, 6.45) is 0. The van der Waals surface area contributed by atoms with Crippen LogP contribution in [0.25, 0.3) is 0 Å². The van der Waals surface area contributed by atoms with E-state index >= 15 is 0 Å². The smallest absolute Gasteiger partial charge is 0.279 e. The molecule has 1 aromatic carbocycles. The minimum atomic E-state index is -0.166. The van der Waals surface area contributed by atoms with Gasteiger partial charge in [-0.25, -0.2) is 0 Å². The zero-order valence-corrected chi connectivity index (χ0v) is 13.6. The van der Waals surface area contributed by atoms with Crippen LogP contribution in [0, 0.1) is 13.8 Å². The molecule has 4 N–H and O–H groups in total. The van der Waals surface area contributed by atoms with Crippen molar-refractivity contribution in [3.63, 3.8) is 0 Å². The predicted octanol–water partition coefficient (Wildman–Crippen LogP) is 0.769. The number of carbonyl (C=O) groups excluding carboxylic acids is 1. The molecule has 0 aromatic heterocycles. The highest BCUT2D eigenvalue weighted by Gasteiger charge is 2.28. The molecular formula is C16H27N2O4+. The number of benzene rings is 1. The third-order valence-electron chi connectivity index (χ3n) is 4.08. The fourth-order valence-corrected chi connectivity index (χ4v) is 2.74. The van der Waals surface area contributed by atoms with Crippen LogP contribution >= 0.6 is 0 Å². The van der Waals surface area contributed by atoms with Crippen LogP contribution in [0.5, 0.6) is 5.75 Å². The van der Waals surface area contributed by atoms with Gasteiger partial charge >= 0.3 is 0 Å².